The van der Waals surface area contributed by atoms with E-state index in [9.17, 15) is 22.4 Å². The Labute approximate surface area is 228 Å². The molecule has 39 heavy (non-hydrogen) atoms. The standard InChI is InChI=1S/C24H18ClF4N5OS.CH3NO/c1-34(20-9-8-18-22(33-20)36-21(31-18)12-2-3-12)14-5-7-17(26)19(11-14)32-23(35)30-13-4-6-16(25)15(10-13)24(27,28)29;2-1-3/h4-12H,2-3H2,1H3,(H2,30,32,35);1H,(H2,2,3). The summed E-state index contributed by atoms with van der Waals surface area (Å²) in [6.07, 6.45) is -2.15. The van der Waals surface area contributed by atoms with E-state index >= 15 is 0 Å². The van der Waals surface area contributed by atoms with Crippen molar-refractivity contribution in [2.45, 2.75) is 24.9 Å². The maximum atomic E-state index is 14.5. The van der Waals surface area contributed by atoms with Crippen molar-refractivity contribution in [3.8, 4) is 0 Å². The van der Waals surface area contributed by atoms with Gasteiger partial charge in [0.05, 0.1) is 21.3 Å². The minimum Gasteiger partial charge on any atom is -0.372 e. The van der Waals surface area contributed by atoms with Crippen LogP contribution in [0.25, 0.3) is 10.3 Å². The Kier molecular flexibility index (Phi) is 8.21. The molecule has 1 saturated carbocycles. The van der Waals surface area contributed by atoms with Gasteiger partial charge in [-0.2, -0.15) is 13.2 Å². The highest BCUT2D eigenvalue weighted by atomic mass is 35.5. The van der Waals surface area contributed by atoms with Crippen molar-refractivity contribution in [2.24, 2.45) is 5.73 Å². The summed E-state index contributed by atoms with van der Waals surface area (Å²) in [7, 11) is 1.75. The van der Waals surface area contributed by atoms with E-state index in [0.717, 1.165) is 34.3 Å². The molecule has 0 spiro atoms. The van der Waals surface area contributed by atoms with Gasteiger partial charge in [-0.3, -0.25) is 4.79 Å². The molecule has 2 heterocycles. The average Bonchev–Trinajstić information content (AvgIpc) is 3.64. The van der Waals surface area contributed by atoms with Crippen molar-refractivity contribution in [3.05, 3.63) is 69.9 Å². The monoisotopic (exact) mass is 580 g/mol. The number of nitrogens with zero attached hydrogens (tertiary/aromatic N) is 3. The molecule has 14 heteroatoms. The predicted molar refractivity (Wildman–Crippen MR) is 143 cm³/mol. The summed E-state index contributed by atoms with van der Waals surface area (Å²) in [6.45, 7) is 0. The number of alkyl halides is 3. The molecule has 2 aromatic carbocycles. The zero-order valence-electron chi connectivity index (χ0n) is 20.2. The van der Waals surface area contributed by atoms with Crippen LogP contribution in [0.3, 0.4) is 0 Å². The summed E-state index contributed by atoms with van der Waals surface area (Å²) < 4.78 is 53.7. The first-order valence-corrected chi connectivity index (χ1v) is 12.6. The van der Waals surface area contributed by atoms with Crippen LogP contribution in [0.2, 0.25) is 5.02 Å². The van der Waals surface area contributed by atoms with Gasteiger partial charge in [0.1, 0.15) is 22.0 Å². The van der Waals surface area contributed by atoms with Gasteiger partial charge in [-0.25, -0.2) is 19.2 Å². The first-order valence-electron chi connectivity index (χ1n) is 11.4. The zero-order chi connectivity index (χ0) is 28.3. The maximum Gasteiger partial charge on any atom is 0.417 e. The smallest absolute Gasteiger partial charge is 0.372 e. The molecule has 1 aliphatic carbocycles. The number of hydrogen-bond donors (Lipinski definition) is 3. The Balaban J connectivity index is 0.00000112. The number of hydrogen-bond acceptors (Lipinski definition) is 6. The fraction of sp³-hybridized carbons (Fsp3) is 0.200. The number of nitrogens with two attached hydrogens (primary N) is 1. The van der Waals surface area contributed by atoms with Gasteiger partial charge in [-0.1, -0.05) is 22.9 Å². The normalized spacial score (nSPS) is 12.9. The van der Waals surface area contributed by atoms with E-state index in [1.54, 1.807) is 29.4 Å². The molecule has 1 aliphatic rings. The topological polar surface area (TPSA) is 113 Å². The highest BCUT2D eigenvalue weighted by Crippen LogP contribution is 2.43. The Morgan fingerprint density at radius 2 is 1.85 bits per heavy atom. The molecule has 5 rings (SSSR count). The van der Waals surface area contributed by atoms with Gasteiger partial charge in [0.25, 0.3) is 0 Å². The van der Waals surface area contributed by atoms with Crippen LogP contribution in [0.1, 0.15) is 29.3 Å². The molecule has 204 valence electrons. The van der Waals surface area contributed by atoms with Crippen LogP contribution >= 0.6 is 22.9 Å². The number of anilines is 4. The quantitative estimate of drug-likeness (QED) is 0.176. The van der Waals surface area contributed by atoms with Gasteiger partial charge in [0.15, 0.2) is 0 Å². The van der Waals surface area contributed by atoms with E-state index in [4.69, 9.17) is 16.4 Å². The number of primary amides is 1. The van der Waals surface area contributed by atoms with Gasteiger partial charge < -0.3 is 21.3 Å². The lowest BCUT2D eigenvalue weighted by atomic mass is 10.2. The number of rotatable bonds is 5. The molecule has 0 unspecified atom stereocenters. The van der Waals surface area contributed by atoms with Gasteiger partial charge in [-0.15, -0.1) is 0 Å². The van der Waals surface area contributed by atoms with E-state index in [2.05, 4.69) is 26.3 Å². The number of thiazole rings is 1. The molecule has 0 atom stereocenters. The summed E-state index contributed by atoms with van der Waals surface area (Å²) in [4.78, 5) is 32.8. The number of pyridine rings is 1. The molecule has 0 aliphatic heterocycles. The Morgan fingerprint density at radius 3 is 2.51 bits per heavy atom. The van der Waals surface area contributed by atoms with Crippen LogP contribution in [0, 0.1) is 5.82 Å². The van der Waals surface area contributed by atoms with Crippen molar-refractivity contribution >= 4 is 68.6 Å². The van der Waals surface area contributed by atoms with Crippen LogP contribution in [-0.2, 0) is 11.0 Å². The number of fused-ring (bicyclic) bond motifs is 1. The second-order valence-corrected chi connectivity index (χ2v) is 9.87. The lowest BCUT2D eigenvalue weighted by molar-refractivity contribution is -0.137. The van der Waals surface area contributed by atoms with Crippen molar-refractivity contribution in [1.82, 2.24) is 9.97 Å². The highest BCUT2D eigenvalue weighted by Gasteiger charge is 2.33. The molecule has 4 N–H and O–H groups in total. The Morgan fingerprint density at radius 1 is 1.13 bits per heavy atom. The fourth-order valence-corrected chi connectivity index (χ4v) is 4.90. The largest absolute Gasteiger partial charge is 0.417 e. The number of urea groups is 1. The van der Waals surface area contributed by atoms with Crippen LogP contribution in [0.15, 0.2) is 48.5 Å². The third kappa shape index (κ3) is 6.73. The van der Waals surface area contributed by atoms with E-state index in [-0.39, 0.29) is 17.8 Å². The summed E-state index contributed by atoms with van der Waals surface area (Å²) in [5.74, 6) is 0.417. The average molecular weight is 581 g/mol. The van der Waals surface area contributed by atoms with E-state index in [1.807, 2.05) is 6.07 Å². The van der Waals surface area contributed by atoms with Gasteiger partial charge >= 0.3 is 12.2 Å². The van der Waals surface area contributed by atoms with E-state index in [0.29, 0.717) is 23.5 Å². The zero-order valence-corrected chi connectivity index (χ0v) is 21.8. The first-order chi connectivity index (χ1) is 18.5. The number of carbonyl (C=O) groups excluding carboxylic acids is 2. The second-order valence-electron chi connectivity index (χ2n) is 8.45. The molecular formula is C25H21ClF4N6O2S. The summed E-state index contributed by atoms with van der Waals surface area (Å²) in [5, 5.41) is 5.19. The molecule has 2 aromatic heterocycles. The summed E-state index contributed by atoms with van der Waals surface area (Å²) >= 11 is 7.16. The van der Waals surface area contributed by atoms with E-state index < -0.39 is 28.6 Å². The maximum absolute atomic E-state index is 14.5. The minimum absolute atomic E-state index is 0.148. The van der Waals surface area contributed by atoms with Gasteiger partial charge in [0, 0.05) is 24.3 Å². The molecule has 8 nitrogen and oxygen atoms in total. The molecule has 0 bridgehead atoms. The third-order valence-corrected chi connectivity index (χ3v) is 7.10. The van der Waals surface area contributed by atoms with Crippen LogP contribution in [-0.4, -0.2) is 29.5 Å². The lowest BCUT2D eigenvalue weighted by Gasteiger charge is -2.19. The van der Waals surface area contributed by atoms with Gasteiger partial charge in [0.2, 0.25) is 6.41 Å². The molecule has 0 saturated heterocycles. The third-order valence-electron chi connectivity index (χ3n) is 5.64. The number of aromatic nitrogens is 2. The number of amides is 3. The van der Waals surface area contributed by atoms with Gasteiger partial charge in [-0.05, 0) is 61.4 Å². The summed E-state index contributed by atoms with van der Waals surface area (Å²) in [6, 6.07) is 9.84. The predicted octanol–water partition coefficient (Wildman–Crippen LogP) is 6.89. The van der Waals surface area contributed by atoms with Crippen molar-refractivity contribution < 1.29 is 27.2 Å². The molecular weight excluding hydrogens is 560 g/mol. The van der Waals surface area contributed by atoms with Crippen LogP contribution in [0.4, 0.5) is 45.2 Å². The number of halogens is 5. The van der Waals surface area contributed by atoms with Crippen LogP contribution < -0.4 is 21.3 Å². The van der Waals surface area contributed by atoms with E-state index in [1.165, 1.54) is 24.3 Å². The highest BCUT2D eigenvalue weighted by molar-refractivity contribution is 7.18. The summed E-state index contributed by atoms with van der Waals surface area (Å²) in [5.41, 5.74) is 4.14. The lowest BCUT2D eigenvalue weighted by Crippen LogP contribution is -2.21. The SMILES string of the molecule is CN(c1ccc(F)c(NC(=O)Nc2ccc(Cl)c(C(F)(F)F)c2)c1)c1ccc2nc(C3CC3)sc2n1.NC=O. The molecule has 0 radical (unpaired) electrons. The molecule has 1 fully saturated rings. The number of benzene rings is 2. The number of carbonyl (C=O) groups is 2. The molecule has 3 amide bonds. The van der Waals surface area contributed by atoms with Crippen molar-refractivity contribution in [3.63, 3.8) is 0 Å². The molecule has 4 aromatic rings. The fourth-order valence-electron chi connectivity index (χ4n) is 3.57. The second kappa shape index (κ2) is 11.4. The minimum atomic E-state index is -4.69. The van der Waals surface area contributed by atoms with Crippen molar-refractivity contribution in [1.29, 1.82) is 0 Å². The van der Waals surface area contributed by atoms with Crippen molar-refractivity contribution in [2.75, 3.05) is 22.6 Å². The number of nitrogens with one attached hydrogen (secondary N) is 2. The first kappa shape index (κ1) is 28.0. The van der Waals surface area contributed by atoms with Crippen LogP contribution in [0.5, 0.6) is 0 Å². The Hall–Kier alpha value is -3.97. The Bertz CT molecular complexity index is 1530.